The lowest BCUT2D eigenvalue weighted by Gasteiger charge is -2.35. The van der Waals surface area contributed by atoms with Crippen molar-refractivity contribution < 1.29 is 29.5 Å². The molecule has 6 heteroatoms. The zero-order chi connectivity index (χ0) is 24.6. The first-order valence-corrected chi connectivity index (χ1v) is 11.1. The van der Waals surface area contributed by atoms with E-state index < -0.39 is 0 Å². The third kappa shape index (κ3) is 6.68. The molecule has 0 amide bonds. The minimum Gasteiger partial charge on any atom is -0.504 e. The van der Waals surface area contributed by atoms with Gasteiger partial charge in [0.15, 0.2) is 11.5 Å². The Labute approximate surface area is 197 Å². The fourth-order valence-electron chi connectivity index (χ4n) is 3.72. The highest BCUT2D eigenvalue weighted by Gasteiger charge is 2.31. The van der Waals surface area contributed by atoms with Gasteiger partial charge in [0.1, 0.15) is 30.0 Å². The highest BCUT2D eigenvalue weighted by Crippen LogP contribution is 2.43. The molecule has 0 aromatic heterocycles. The van der Waals surface area contributed by atoms with Crippen LogP contribution in [0.1, 0.15) is 55.0 Å². The van der Waals surface area contributed by atoms with Gasteiger partial charge in [0.2, 0.25) is 0 Å². The fraction of sp³-hybridized carbons (Fsp3) is 0.407. The number of aromatic hydroxyl groups is 1. The van der Waals surface area contributed by atoms with Gasteiger partial charge in [0.05, 0.1) is 6.61 Å². The summed E-state index contributed by atoms with van der Waals surface area (Å²) in [7, 11) is 0. The van der Waals surface area contributed by atoms with Crippen molar-refractivity contribution in [1.82, 2.24) is 0 Å². The van der Waals surface area contributed by atoms with Crippen LogP contribution in [0.15, 0.2) is 37.1 Å². The highest BCUT2D eigenvalue weighted by molar-refractivity contribution is 5.59. The molecule has 33 heavy (non-hydrogen) atoms. The Kier molecular flexibility index (Phi) is 9.23. The molecule has 0 radical (unpaired) electrons. The second kappa shape index (κ2) is 11.7. The number of hydrogen-bond acceptors (Lipinski definition) is 6. The lowest BCUT2D eigenvalue weighted by molar-refractivity contribution is -0.185. The van der Waals surface area contributed by atoms with Crippen LogP contribution in [0, 0.1) is 20.8 Å². The largest absolute Gasteiger partial charge is 0.504 e. The minimum absolute atomic E-state index is 0.0693. The van der Waals surface area contributed by atoms with E-state index in [1.165, 1.54) is 28.3 Å². The molecule has 0 saturated carbocycles. The minimum atomic E-state index is -0.0693. The van der Waals surface area contributed by atoms with Crippen LogP contribution in [0.25, 0.3) is 6.08 Å². The van der Waals surface area contributed by atoms with Crippen molar-refractivity contribution >= 4 is 6.08 Å². The Bertz CT molecular complexity index is 991. The molecule has 6 nitrogen and oxygen atoms in total. The molecule has 0 fully saturated rings. The molecule has 1 aliphatic rings. The van der Waals surface area contributed by atoms with Gasteiger partial charge in [0.25, 0.3) is 0 Å². The summed E-state index contributed by atoms with van der Waals surface area (Å²) in [5.41, 5.74) is 5.60. The van der Waals surface area contributed by atoms with Gasteiger partial charge >= 0.3 is 0 Å². The van der Waals surface area contributed by atoms with Gasteiger partial charge in [-0.05, 0) is 94.8 Å². The van der Waals surface area contributed by atoms with Gasteiger partial charge in [-0.15, -0.1) is 0 Å². The van der Waals surface area contributed by atoms with Gasteiger partial charge in [-0.3, -0.25) is 0 Å². The summed E-state index contributed by atoms with van der Waals surface area (Å²) in [5.74, 6) is 2.57. The van der Waals surface area contributed by atoms with Crippen LogP contribution in [0.3, 0.4) is 0 Å². The second-order valence-electron chi connectivity index (χ2n) is 8.54. The van der Waals surface area contributed by atoms with Crippen LogP contribution in [-0.2, 0) is 11.3 Å². The smallest absolute Gasteiger partial charge is 0.161 e. The van der Waals surface area contributed by atoms with E-state index in [9.17, 15) is 5.11 Å². The summed E-state index contributed by atoms with van der Waals surface area (Å²) in [6.07, 6.45) is 6.56. The number of benzene rings is 2. The van der Waals surface area contributed by atoms with Gasteiger partial charge in [-0.1, -0.05) is 18.7 Å². The lowest BCUT2D eigenvalue weighted by atomic mass is 9.88. The first-order chi connectivity index (χ1) is 15.6. The predicted octanol–water partition coefficient (Wildman–Crippen LogP) is 6.53. The van der Waals surface area contributed by atoms with Gasteiger partial charge in [-0.2, -0.15) is 0 Å². The van der Waals surface area contributed by atoms with Gasteiger partial charge < -0.3 is 24.2 Å². The Hall–Kier alpha value is -3.12. The maximum atomic E-state index is 9.36. The van der Waals surface area contributed by atoms with Crippen molar-refractivity contribution in [3.8, 4) is 23.0 Å². The molecule has 0 saturated heterocycles. The average molecular weight is 457 g/mol. The van der Waals surface area contributed by atoms with Crippen molar-refractivity contribution in [2.75, 3.05) is 13.2 Å². The maximum Gasteiger partial charge on any atom is 0.161 e. The third-order valence-electron chi connectivity index (χ3n) is 5.62. The van der Waals surface area contributed by atoms with E-state index in [1.54, 1.807) is 24.3 Å². The monoisotopic (exact) mass is 456 g/mol. The van der Waals surface area contributed by atoms with Crippen LogP contribution in [-0.4, -0.2) is 29.2 Å². The molecule has 0 bridgehead atoms. The molecule has 180 valence electrons. The van der Waals surface area contributed by atoms with E-state index in [1.807, 2.05) is 6.92 Å². The molecule has 0 spiro atoms. The van der Waals surface area contributed by atoms with E-state index in [0.717, 1.165) is 36.2 Å². The number of ether oxygens (including phenoxy) is 3. The zero-order valence-corrected chi connectivity index (χ0v) is 20.5. The lowest BCUT2D eigenvalue weighted by Crippen LogP contribution is -2.33. The van der Waals surface area contributed by atoms with Crippen molar-refractivity contribution in [1.29, 1.82) is 0 Å². The molecular formula is C27H36O6. The van der Waals surface area contributed by atoms with Crippen LogP contribution in [0.5, 0.6) is 23.0 Å². The molecule has 1 aliphatic heterocycles. The number of fused-ring (bicyclic) bond motifs is 1. The van der Waals surface area contributed by atoms with E-state index >= 15 is 0 Å². The first-order valence-electron chi connectivity index (χ1n) is 11.1. The second-order valence-corrected chi connectivity index (χ2v) is 8.54. The van der Waals surface area contributed by atoms with Crippen molar-refractivity contribution in [3.05, 3.63) is 64.9 Å². The predicted molar refractivity (Wildman–Crippen MR) is 131 cm³/mol. The summed E-state index contributed by atoms with van der Waals surface area (Å²) in [4.78, 5) is 3.79. The van der Waals surface area contributed by atoms with Crippen LogP contribution in [0.4, 0.5) is 0 Å². The van der Waals surface area contributed by atoms with E-state index in [0.29, 0.717) is 19.0 Å². The van der Waals surface area contributed by atoms with Crippen molar-refractivity contribution in [2.45, 2.75) is 60.0 Å². The fourth-order valence-corrected chi connectivity index (χ4v) is 3.72. The third-order valence-corrected chi connectivity index (χ3v) is 5.62. The number of rotatable bonds is 7. The van der Waals surface area contributed by atoms with Crippen LogP contribution >= 0.6 is 0 Å². The Balaban J connectivity index is 0.000000245. The van der Waals surface area contributed by atoms with Gasteiger partial charge in [-0.25, -0.2) is 5.26 Å². The Morgan fingerprint density at radius 1 is 1.12 bits per heavy atom. The standard InChI is InChI=1S/C17H24O2.C10H12O4/c1-7-10-18-15-11(2)12(3)16-14(13(15)4)8-9-17(5,6)19-16;1-2-13-10-7-8(5-6-14-12)3-4-9(10)11/h7H,1,8-10H2,2-6H3;3-7,11-12H,2H2,1H3/b;6-5+. The maximum absolute atomic E-state index is 9.36. The Morgan fingerprint density at radius 3 is 2.48 bits per heavy atom. The Morgan fingerprint density at radius 2 is 1.85 bits per heavy atom. The number of phenols is 1. The topological polar surface area (TPSA) is 77.4 Å². The van der Waals surface area contributed by atoms with Crippen LogP contribution in [0.2, 0.25) is 0 Å². The summed E-state index contributed by atoms with van der Waals surface area (Å²) < 4.78 is 17.2. The van der Waals surface area contributed by atoms with Crippen molar-refractivity contribution in [3.63, 3.8) is 0 Å². The summed E-state index contributed by atoms with van der Waals surface area (Å²) in [5, 5.41) is 17.4. The molecule has 0 aliphatic carbocycles. The molecule has 0 unspecified atom stereocenters. The van der Waals surface area contributed by atoms with E-state index in [-0.39, 0.29) is 11.4 Å². The quantitative estimate of drug-likeness (QED) is 0.213. The molecule has 2 aromatic rings. The molecule has 2 aromatic carbocycles. The molecular weight excluding hydrogens is 420 g/mol. The summed E-state index contributed by atoms with van der Waals surface area (Å²) in [6, 6.07) is 4.84. The van der Waals surface area contributed by atoms with E-state index in [2.05, 4.69) is 46.1 Å². The first kappa shape index (κ1) is 26.1. The van der Waals surface area contributed by atoms with Crippen LogP contribution < -0.4 is 14.2 Å². The van der Waals surface area contributed by atoms with E-state index in [4.69, 9.17) is 19.5 Å². The average Bonchev–Trinajstić information content (AvgIpc) is 2.78. The van der Waals surface area contributed by atoms with Crippen molar-refractivity contribution in [2.24, 2.45) is 0 Å². The normalized spacial score (nSPS) is 13.9. The molecule has 0 atom stereocenters. The molecule has 2 N–H and O–H groups in total. The number of phenolic OH excluding ortho intramolecular Hbond substituents is 1. The summed E-state index contributed by atoms with van der Waals surface area (Å²) >= 11 is 0. The van der Waals surface area contributed by atoms with Gasteiger partial charge in [0, 0.05) is 5.56 Å². The highest BCUT2D eigenvalue weighted by atomic mass is 17.1. The number of hydrogen-bond donors (Lipinski definition) is 2. The molecule has 3 rings (SSSR count). The summed E-state index contributed by atoms with van der Waals surface area (Å²) in [6.45, 7) is 17.2. The zero-order valence-electron chi connectivity index (χ0n) is 20.5. The SMILES string of the molecule is C=CCOc1c(C)c(C)c2c(c1C)CCC(C)(C)O2.CCOc1cc(/C=C/OO)ccc1O. The molecule has 1 heterocycles.